The number of anilines is 2. The predicted molar refractivity (Wildman–Crippen MR) is 136 cm³/mol. The third-order valence-corrected chi connectivity index (χ3v) is 7.12. The number of fused-ring (bicyclic) bond motifs is 1. The zero-order valence-electron chi connectivity index (χ0n) is 21.0. The van der Waals surface area contributed by atoms with Gasteiger partial charge in [-0.3, -0.25) is 9.59 Å². The van der Waals surface area contributed by atoms with E-state index in [0.717, 1.165) is 16.8 Å². The van der Waals surface area contributed by atoms with E-state index in [1.165, 1.54) is 13.3 Å². The Labute approximate surface area is 214 Å². The molecule has 0 aliphatic carbocycles. The number of imidazole rings is 1. The van der Waals surface area contributed by atoms with Gasteiger partial charge in [0.1, 0.15) is 5.69 Å². The number of carbonyl (C=O) groups is 3. The highest BCUT2D eigenvalue weighted by molar-refractivity contribution is 6.05. The molecule has 3 aromatic rings. The van der Waals surface area contributed by atoms with Crippen molar-refractivity contribution in [2.75, 3.05) is 30.0 Å². The number of rotatable bonds is 5. The zero-order chi connectivity index (χ0) is 26.3. The summed E-state index contributed by atoms with van der Waals surface area (Å²) in [5, 5.41) is 9.20. The molecular weight excluding hydrogens is 470 g/mol. The van der Waals surface area contributed by atoms with Crippen LogP contribution in [0.15, 0.2) is 55.0 Å². The lowest BCUT2D eigenvalue weighted by Gasteiger charge is -2.23. The first-order valence-electron chi connectivity index (χ1n) is 12.1. The highest BCUT2D eigenvalue weighted by Gasteiger charge is 2.43. The van der Waals surface area contributed by atoms with Crippen molar-refractivity contribution in [1.82, 2.24) is 9.55 Å². The number of benzene rings is 2. The molecular formula is C28H27N5O4. The lowest BCUT2D eigenvalue weighted by Crippen LogP contribution is -2.39. The van der Waals surface area contributed by atoms with Gasteiger partial charge in [-0.2, -0.15) is 5.26 Å². The smallest absolute Gasteiger partial charge is 0.356 e. The Hall–Kier alpha value is -4.45. The lowest BCUT2D eigenvalue weighted by molar-refractivity contribution is -0.124. The van der Waals surface area contributed by atoms with E-state index >= 15 is 0 Å². The van der Waals surface area contributed by atoms with Crippen LogP contribution in [0.1, 0.15) is 47.4 Å². The van der Waals surface area contributed by atoms with Crippen LogP contribution in [0, 0.1) is 17.2 Å². The van der Waals surface area contributed by atoms with E-state index in [1.807, 2.05) is 12.1 Å². The van der Waals surface area contributed by atoms with E-state index in [1.54, 1.807) is 45.0 Å². The van der Waals surface area contributed by atoms with Gasteiger partial charge in [0.25, 0.3) is 0 Å². The van der Waals surface area contributed by atoms with Gasteiger partial charge in [-0.1, -0.05) is 32.0 Å². The van der Waals surface area contributed by atoms with Crippen LogP contribution in [0.4, 0.5) is 11.4 Å². The molecule has 1 fully saturated rings. The van der Waals surface area contributed by atoms with Gasteiger partial charge in [0, 0.05) is 42.8 Å². The summed E-state index contributed by atoms with van der Waals surface area (Å²) in [5.74, 6) is -1.11. The third kappa shape index (κ3) is 4.35. The van der Waals surface area contributed by atoms with Crippen LogP contribution < -0.4 is 9.80 Å². The van der Waals surface area contributed by atoms with Gasteiger partial charge in [0.15, 0.2) is 0 Å². The lowest BCUT2D eigenvalue weighted by atomic mass is 9.86. The first-order valence-corrected chi connectivity index (χ1v) is 12.1. The molecule has 5 rings (SSSR count). The summed E-state index contributed by atoms with van der Waals surface area (Å²) in [7, 11) is 1.34. The van der Waals surface area contributed by atoms with E-state index < -0.39 is 11.9 Å². The van der Waals surface area contributed by atoms with Crippen molar-refractivity contribution in [2.24, 2.45) is 5.92 Å². The fourth-order valence-electron chi connectivity index (χ4n) is 5.23. The van der Waals surface area contributed by atoms with E-state index in [0.29, 0.717) is 30.0 Å². The van der Waals surface area contributed by atoms with Crippen LogP contribution in [0.3, 0.4) is 0 Å². The summed E-state index contributed by atoms with van der Waals surface area (Å²) < 4.78 is 6.57. The second-order valence-corrected chi connectivity index (χ2v) is 10.1. The quantitative estimate of drug-likeness (QED) is 0.501. The first kappa shape index (κ1) is 24.3. The number of hydrogen-bond acceptors (Lipinski definition) is 6. The Balaban J connectivity index is 1.37. The van der Waals surface area contributed by atoms with E-state index in [4.69, 9.17) is 4.74 Å². The van der Waals surface area contributed by atoms with E-state index in [2.05, 4.69) is 31.0 Å². The van der Waals surface area contributed by atoms with Gasteiger partial charge >= 0.3 is 5.97 Å². The predicted octanol–water partition coefficient (Wildman–Crippen LogP) is 3.27. The molecule has 188 valence electrons. The summed E-state index contributed by atoms with van der Waals surface area (Å²) in [4.78, 5) is 46.0. The molecule has 2 amide bonds. The SMILES string of the molecule is COC(=O)c1cncn1Cc1ccc2c(c1)C(C)(C)CN2C(=O)C1CC(=O)N(c2cccc(C#N)c2)C1. The molecule has 3 heterocycles. The minimum Gasteiger partial charge on any atom is -0.464 e. The molecule has 2 aromatic carbocycles. The number of nitrogens with zero attached hydrogens (tertiary/aromatic N) is 5. The second-order valence-electron chi connectivity index (χ2n) is 10.1. The van der Waals surface area contributed by atoms with Crippen molar-refractivity contribution in [3.63, 3.8) is 0 Å². The second kappa shape index (κ2) is 9.21. The minimum atomic E-state index is -0.465. The van der Waals surface area contributed by atoms with Gasteiger partial charge in [0.05, 0.1) is 37.2 Å². The third-order valence-electron chi connectivity index (χ3n) is 7.12. The molecule has 1 atom stereocenters. The number of aromatic nitrogens is 2. The maximum absolute atomic E-state index is 13.7. The largest absolute Gasteiger partial charge is 0.464 e. The summed E-state index contributed by atoms with van der Waals surface area (Å²) in [6.45, 7) is 5.43. The van der Waals surface area contributed by atoms with Crippen molar-refractivity contribution >= 4 is 29.2 Å². The van der Waals surface area contributed by atoms with Crippen molar-refractivity contribution < 1.29 is 19.1 Å². The fourth-order valence-corrected chi connectivity index (χ4v) is 5.23. The number of hydrogen-bond donors (Lipinski definition) is 0. The number of esters is 1. The Kier molecular flexibility index (Phi) is 6.04. The van der Waals surface area contributed by atoms with Crippen LogP contribution in [0.25, 0.3) is 0 Å². The first-order chi connectivity index (χ1) is 17.7. The Morgan fingerprint density at radius 3 is 2.78 bits per heavy atom. The van der Waals surface area contributed by atoms with Gasteiger partial charge in [-0.15, -0.1) is 0 Å². The van der Waals surface area contributed by atoms with Crippen molar-refractivity contribution in [3.05, 3.63) is 77.4 Å². The summed E-state index contributed by atoms with van der Waals surface area (Å²) in [6, 6.07) is 14.9. The molecule has 0 N–H and O–H groups in total. The Bertz CT molecular complexity index is 1450. The number of ether oxygens (including phenoxy) is 1. The molecule has 37 heavy (non-hydrogen) atoms. The maximum Gasteiger partial charge on any atom is 0.356 e. The molecule has 0 saturated carbocycles. The van der Waals surface area contributed by atoms with E-state index in [-0.39, 0.29) is 30.2 Å². The number of carbonyl (C=O) groups excluding carboxylic acids is 3. The number of methoxy groups -OCH3 is 1. The fraction of sp³-hybridized carbons (Fsp3) is 0.321. The van der Waals surface area contributed by atoms with Crippen LogP contribution >= 0.6 is 0 Å². The van der Waals surface area contributed by atoms with Crippen LogP contribution in [0.2, 0.25) is 0 Å². The Morgan fingerprint density at radius 1 is 1.22 bits per heavy atom. The highest BCUT2D eigenvalue weighted by atomic mass is 16.5. The van der Waals surface area contributed by atoms with Gasteiger partial charge < -0.3 is 19.1 Å². The minimum absolute atomic E-state index is 0.0746. The average Bonchev–Trinajstić information content (AvgIpc) is 3.59. The molecule has 2 aliphatic rings. The average molecular weight is 498 g/mol. The van der Waals surface area contributed by atoms with Gasteiger partial charge in [0.2, 0.25) is 11.8 Å². The van der Waals surface area contributed by atoms with Crippen LogP contribution in [-0.2, 0) is 26.3 Å². The van der Waals surface area contributed by atoms with Crippen LogP contribution in [-0.4, -0.2) is 47.5 Å². The van der Waals surface area contributed by atoms with Crippen molar-refractivity contribution in [2.45, 2.75) is 32.2 Å². The molecule has 1 aromatic heterocycles. The standard InChI is InChI=1S/C28H27N5O4/c1-28(2)16-33(26(35)20-11-25(34)32(15-20)21-6-4-5-18(9-21)12-29)23-8-7-19(10-22(23)28)14-31-17-30-13-24(31)27(36)37-3/h4-10,13,17,20H,11,14-16H2,1-3H3. The van der Waals surface area contributed by atoms with Crippen molar-refractivity contribution in [1.29, 1.82) is 5.26 Å². The maximum atomic E-state index is 13.7. The topological polar surface area (TPSA) is 109 Å². The highest BCUT2D eigenvalue weighted by Crippen LogP contribution is 2.42. The summed E-state index contributed by atoms with van der Waals surface area (Å²) >= 11 is 0. The van der Waals surface area contributed by atoms with E-state index in [9.17, 15) is 19.6 Å². The molecule has 2 aliphatic heterocycles. The number of amides is 2. The van der Waals surface area contributed by atoms with Gasteiger partial charge in [-0.05, 0) is 35.4 Å². The summed E-state index contributed by atoms with van der Waals surface area (Å²) in [6.07, 6.45) is 3.21. The summed E-state index contributed by atoms with van der Waals surface area (Å²) in [5.41, 5.74) is 4.05. The Morgan fingerprint density at radius 2 is 2.03 bits per heavy atom. The molecule has 0 radical (unpaired) electrons. The molecule has 9 heteroatoms. The molecule has 9 nitrogen and oxygen atoms in total. The normalized spacial score (nSPS) is 18.0. The molecule has 0 bridgehead atoms. The molecule has 0 spiro atoms. The zero-order valence-corrected chi connectivity index (χ0v) is 21.0. The molecule has 1 saturated heterocycles. The molecule has 1 unspecified atom stereocenters. The van der Waals surface area contributed by atoms with Crippen molar-refractivity contribution in [3.8, 4) is 6.07 Å². The monoisotopic (exact) mass is 497 g/mol. The number of nitriles is 1. The van der Waals surface area contributed by atoms with Crippen LogP contribution in [0.5, 0.6) is 0 Å². The van der Waals surface area contributed by atoms with Gasteiger partial charge in [-0.25, -0.2) is 9.78 Å².